The maximum atomic E-state index is 2.61. The fourth-order valence-corrected chi connectivity index (χ4v) is 9.96. The summed E-state index contributed by atoms with van der Waals surface area (Å²) in [5, 5.41) is 6.97. The fourth-order valence-electron chi connectivity index (χ4n) is 6.67. The van der Waals surface area contributed by atoms with Gasteiger partial charge >= 0.3 is 0 Å². The van der Waals surface area contributed by atoms with Gasteiger partial charge in [0, 0.05) is 5.25 Å². The molecule has 0 amide bonds. The van der Waals surface area contributed by atoms with Crippen molar-refractivity contribution in [2.24, 2.45) is 0 Å². The van der Waals surface area contributed by atoms with Crippen LogP contribution in [0.5, 0.6) is 0 Å². The third kappa shape index (κ3) is 2.66. The summed E-state index contributed by atoms with van der Waals surface area (Å²) in [5.41, 5.74) is 9.20. The van der Waals surface area contributed by atoms with Crippen LogP contribution in [0.15, 0.2) is 97.1 Å². The zero-order valence-electron chi connectivity index (χ0n) is 19.2. The Morgan fingerprint density at radius 3 is 1.39 bits per heavy atom. The summed E-state index contributed by atoms with van der Waals surface area (Å²) in [6, 6.07) is 36.4. The largest absolute Gasteiger partial charge is 0.232 e. The van der Waals surface area contributed by atoms with E-state index in [4.69, 9.17) is 0 Å². The van der Waals surface area contributed by atoms with Crippen molar-refractivity contribution in [2.75, 3.05) is 12.5 Å². The van der Waals surface area contributed by atoms with Crippen molar-refractivity contribution >= 4 is 31.6 Å². The van der Waals surface area contributed by atoms with Gasteiger partial charge in [-0.25, -0.2) is 10.0 Å². The molecule has 0 spiro atoms. The summed E-state index contributed by atoms with van der Waals surface area (Å²) in [4.78, 5) is 0. The van der Waals surface area contributed by atoms with Crippen LogP contribution in [0.1, 0.15) is 27.5 Å². The highest BCUT2D eigenvalue weighted by Crippen LogP contribution is 2.68. The van der Waals surface area contributed by atoms with Crippen molar-refractivity contribution in [3.8, 4) is 11.1 Å². The van der Waals surface area contributed by atoms with Gasteiger partial charge in [0.25, 0.3) is 0 Å². The van der Waals surface area contributed by atoms with Crippen LogP contribution in [0, 0.1) is 0 Å². The monoisotopic (exact) mass is 444 g/mol. The lowest BCUT2D eigenvalue weighted by Crippen LogP contribution is -2.22. The highest BCUT2D eigenvalue weighted by atomic mass is 32.3. The van der Waals surface area contributed by atoms with Gasteiger partial charge in [-0.15, -0.1) is 0 Å². The SMILES string of the molecule is CS(C)(C1Cc2c(c3ccccc3c3ccccc23)C1)C1c2ccccc2-c2ccccc21. The molecule has 5 aromatic carbocycles. The van der Waals surface area contributed by atoms with Crippen molar-refractivity contribution < 1.29 is 0 Å². The standard InChI is InChI=1S/C32H28S/c1-33(2,32-28-17-9-7-13-24(28)25-14-8-10-18-29(25)32)21-19-30-26-15-5-3-11-22(26)23-12-4-6-16-27(23)31(30)20-21/h3-18,21,32H,19-20H2,1-2H3. The zero-order chi connectivity index (χ0) is 22.2. The fraction of sp³-hybridized carbons (Fsp3) is 0.188. The molecule has 2 aliphatic carbocycles. The molecule has 162 valence electrons. The van der Waals surface area contributed by atoms with Crippen LogP contribution in [0.3, 0.4) is 0 Å². The first-order valence-corrected chi connectivity index (χ1v) is 14.5. The molecule has 5 aromatic rings. The summed E-state index contributed by atoms with van der Waals surface area (Å²) < 4.78 is 0. The highest BCUT2D eigenvalue weighted by molar-refractivity contribution is 8.33. The van der Waals surface area contributed by atoms with Gasteiger partial charge in [-0.1, -0.05) is 97.1 Å². The van der Waals surface area contributed by atoms with E-state index in [1.165, 1.54) is 45.5 Å². The first kappa shape index (κ1) is 19.4. The molecule has 1 heteroatoms. The normalized spacial score (nSPS) is 16.2. The molecule has 0 N–H and O–H groups in total. The minimum Gasteiger partial charge on any atom is -0.232 e. The Kier molecular flexibility index (Phi) is 4.11. The van der Waals surface area contributed by atoms with E-state index in [0.717, 1.165) is 0 Å². The smallest absolute Gasteiger partial charge is 0.0402 e. The first-order valence-electron chi connectivity index (χ1n) is 11.9. The predicted molar refractivity (Wildman–Crippen MR) is 146 cm³/mol. The van der Waals surface area contributed by atoms with E-state index < -0.39 is 10.0 Å². The minimum atomic E-state index is -0.970. The second-order valence-electron chi connectivity index (χ2n) is 10.1. The Bertz CT molecular complexity index is 1450. The highest BCUT2D eigenvalue weighted by Gasteiger charge is 2.43. The lowest BCUT2D eigenvalue weighted by Gasteiger charge is -2.44. The average molecular weight is 445 g/mol. The Morgan fingerprint density at radius 2 is 0.909 bits per heavy atom. The van der Waals surface area contributed by atoms with E-state index >= 15 is 0 Å². The van der Waals surface area contributed by atoms with Gasteiger partial charge < -0.3 is 0 Å². The minimum absolute atomic E-state index is 0.516. The van der Waals surface area contributed by atoms with Crippen LogP contribution in [-0.2, 0) is 12.8 Å². The van der Waals surface area contributed by atoms with Crippen molar-refractivity contribution in [1.29, 1.82) is 0 Å². The molecule has 0 atom stereocenters. The molecule has 2 aliphatic rings. The summed E-state index contributed by atoms with van der Waals surface area (Å²) in [6.45, 7) is 0. The van der Waals surface area contributed by atoms with Crippen LogP contribution in [0.25, 0.3) is 32.7 Å². The van der Waals surface area contributed by atoms with Gasteiger partial charge in [0.05, 0.1) is 0 Å². The molecule has 0 saturated carbocycles. The van der Waals surface area contributed by atoms with Crippen LogP contribution in [0.2, 0.25) is 0 Å². The Hall–Kier alpha value is -3.03. The molecule has 0 unspecified atom stereocenters. The van der Waals surface area contributed by atoms with Gasteiger partial charge in [0.1, 0.15) is 0 Å². The lowest BCUT2D eigenvalue weighted by molar-refractivity contribution is 0.911. The summed E-state index contributed by atoms with van der Waals surface area (Å²) in [6.07, 6.45) is 7.61. The maximum absolute atomic E-state index is 2.61. The van der Waals surface area contributed by atoms with E-state index in [-0.39, 0.29) is 0 Å². The predicted octanol–water partition coefficient (Wildman–Crippen LogP) is 8.29. The molecule has 0 bridgehead atoms. The van der Waals surface area contributed by atoms with Crippen molar-refractivity contribution in [3.05, 3.63) is 119 Å². The quantitative estimate of drug-likeness (QED) is 0.240. The molecule has 0 nitrogen and oxygen atoms in total. The van der Waals surface area contributed by atoms with Gasteiger partial charge in [-0.3, -0.25) is 0 Å². The second-order valence-corrected chi connectivity index (χ2v) is 14.2. The number of fused-ring (bicyclic) bond motifs is 9. The topological polar surface area (TPSA) is 0 Å². The van der Waals surface area contributed by atoms with Gasteiger partial charge in [-0.2, -0.15) is 0 Å². The summed E-state index contributed by atoms with van der Waals surface area (Å²) >= 11 is 0. The molecule has 0 heterocycles. The van der Waals surface area contributed by atoms with Crippen LogP contribution in [-0.4, -0.2) is 17.8 Å². The molecule has 0 fully saturated rings. The van der Waals surface area contributed by atoms with Gasteiger partial charge in [-0.05, 0) is 85.5 Å². The molecule has 0 aliphatic heterocycles. The summed E-state index contributed by atoms with van der Waals surface area (Å²) in [7, 11) is -0.970. The third-order valence-electron chi connectivity index (χ3n) is 8.27. The molecule has 33 heavy (non-hydrogen) atoms. The number of hydrogen-bond acceptors (Lipinski definition) is 0. The molecule has 7 rings (SSSR count). The van der Waals surface area contributed by atoms with E-state index in [1.807, 2.05) is 0 Å². The lowest BCUT2D eigenvalue weighted by atomic mass is 9.93. The number of benzene rings is 5. The molecule has 0 radical (unpaired) electrons. The molecule has 0 aromatic heterocycles. The zero-order valence-corrected chi connectivity index (χ0v) is 20.0. The van der Waals surface area contributed by atoms with Crippen molar-refractivity contribution in [3.63, 3.8) is 0 Å². The van der Waals surface area contributed by atoms with E-state index in [0.29, 0.717) is 10.5 Å². The van der Waals surface area contributed by atoms with Crippen LogP contribution >= 0.6 is 10.0 Å². The van der Waals surface area contributed by atoms with Gasteiger partial charge in [0.15, 0.2) is 0 Å². The average Bonchev–Trinajstić information content (AvgIpc) is 3.46. The molecular weight excluding hydrogens is 416 g/mol. The van der Waals surface area contributed by atoms with Crippen molar-refractivity contribution in [1.82, 2.24) is 0 Å². The van der Waals surface area contributed by atoms with E-state index in [2.05, 4.69) is 110 Å². The number of rotatable bonds is 2. The van der Waals surface area contributed by atoms with Gasteiger partial charge in [0.2, 0.25) is 0 Å². The summed E-state index contributed by atoms with van der Waals surface area (Å²) in [5.74, 6) is 0. The van der Waals surface area contributed by atoms with Crippen LogP contribution in [0.4, 0.5) is 0 Å². The Balaban J connectivity index is 1.40. The Labute approximate surface area is 197 Å². The molecular formula is C32H28S. The first-order chi connectivity index (χ1) is 16.1. The number of hydrogen-bond donors (Lipinski definition) is 0. The Morgan fingerprint density at radius 1 is 0.515 bits per heavy atom. The second kappa shape index (κ2) is 6.98. The van der Waals surface area contributed by atoms with E-state index in [1.54, 1.807) is 22.3 Å². The van der Waals surface area contributed by atoms with Crippen molar-refractivity contribution in [2.45, 2.75) is 23.3 Å². The van der Waals surface area contributed by atoms with Crippen LogP contribution < -0.4 is 0 Å². The molecule has 0 saturated heterocycles. The maximum Gasteiger partial charge on any atom is 0.0402 e. The van der Waals surface area contributed by atoms with E-state index in [9.17, 15) is 0 Å². The third-order valence-corrected chi connectivity index (χ3v) is 12.0.